The highest BCUT2D eigenvalue weighted by Gasteiger charge is 2.18. The second kappa shape index (κ2) is 5.37. The predicted octanol–water partition coefficient (Wildman–Crippen LogP) is 0.811. The Balaban J connectivity index is 3.18. The maximum absolute atomic E-state index is 11.6. The third kappa shape index (κ3) is 2.25. The minimum atomic E-state index is -0.207. The van der Waals surface area contributed by atoms with Crippen LogP contribution in [-0.4, -0.2) is 38.7 Å². The fraction of sp³-hybridized carbons (Fsp3) is 0.364. The van der Waals surface area contributed by atoms with Gasteiger partial charge in [0, 0.05) is 0 Å². The number of aromatic hydroxyl groups is 1. The molecule has 0 aromatic heterocycles. The van der Waals surface area contributed by atoms with Gasteiger partial charge in [-0.25, -0.2) is 0 Å². The van der Waals surface area contributed by atoms with Crippen LogP contribution in [0.15, 0.2) is 12.1 Å². The average molecular weight is 225 g/mol. The number of hydrogen-bond donors (Lipinski definition) is 2. The van der Waals surface area contributed by atoms with Crippen molar-refractivity contribution in [2.75, 3.05) is 27.8 Å². The van der Waals surface area contributed by atoms with Crippen LogP contribution in [0.5, 0.6) is 17.2 Å². The second-order valence-corrected chi connectivity index (χ2v) is 3.15. The minimum absolute atomic E-state index is 0.156. The zero-order chi connectivity index (χ0) is 12.1. The van der Waals surface area contributed by atoms with Crippen molar-refractivity contribution in [3.05, 3.63) is 17.7 Å². The molecule has 1 aromatic carbocycles. The van der Waals surface area contributed by atoms with Crippen LogP contribution in [0.3, 0.4) is 0 Å². The van der Waals surface area contributed by atoms with Gasteiger partial charge < -0.3 is 19.9 Å². The topological polar surface area (TPSA) is 67.8 Å². The molecule has 5 nitrogen and oxygen atoms in total. The Kier molecular flexibility index (Phi) is 4.13. The summed E-state index contributed by atoms with van der Waals surface area (Å²) in [6.45, 7) is 0.156. The first-order valence-corrected chi connectivity index (χ1v) is 4.77. The summed E-state index contributed by atoms with van der Waals surface area (Å²) in [7, 11) is 4.53. The van der Waals surface area contributed by atoms with E-state index < -0.39 is 0 Å². The summed E-state index contributed by atoms with van der Waals surface area (Å²) >= 11 is 0. The highest BCUT2D eigenvalue weighted by atomic mass is 16.5. The van der Waals surface area contributed by atoms with Gasteiger partial charge in [-0.05, 0) is 19.2 Å². The number of hydrogen-bond acceptors (Lipinski definition) is 5. The molecule has 0 aliphatic heterocycles. The number of likely N-dealkylation sites (N-methyl/N-ethyl adjacent to an activating group) is 1. The van der Waals surface area contributed by atoms with Gasteiger partial charge in [-0.1, -0.05) is 0 Å². The normalized spacial score (nSPS) is 9.94. The second-order valence-electron chi connectivity index (χ2n) is 3.15. The number of rotatable bonds is 5. The van der Waals surface area contributed by atoms with Crippen LogP contribution in [0, 0.1) is 0 Å². The highest BCUT2D eigenvalue weighted by molar-refractivity contribution is 6.01. The van der Waals surface area contributed by atoms with E-state index in [9.17, 15) is 9.90 Å². The lowest BCUT2D eigenvalue weighted by Crippen LogP contribution is -2.18. The van der Waals surface area contributed by atoms with Crippen molar-refractivity contribution < 1.29 is 19.4 Å². The number of carbonyl (C=O) groups is 1. The van der Waals surface area contributed by atoms with Gasteiger partial charge in [-0.2, -0.15) is 0 Å². The van der Waals surface area contributed by atoms with E-state index in [2.05, 4.69) is 5.32 Å². The molecule has 0 saturated carbocycles. The fourth-order valence-corrected chi connectivity index (χ4v) is 1.39. The van der Waals surface area contributed by atoms with E-state index in [-0.39, 0.29) is 29.4 Å². The smallest absolute Gasteiger partial charge is 0.203 e. The van der Waals surface area contributed by atoms with E-state index >= 15 is 0 Å². The van der Waals surface area contributed by atoms with Crippen LogP contribution in [0.25, 0.3) is 0 Å². The van der Waals surface area contributed by atoms with Gasteiger partial charge in [0.1, 0.15) is 0 Å². The first-order valence-electron chi connectivity index (χ1n) is 4.77. The van der Waals surface area contributed by atoms with E-state index in [1.807, 2.05) is 0 Å². The van der Waals surface area contributed by atoms with Gasteiger partial charge >= 0.3 is 0 Å². The van der Waals surface area contributed by atoms with Crippen LogP contribution in [-0.2, 0) is 0 Å². The molecule has 0 bridgehead atoms. The Morgan fingerprint density at radius 2 is 2.06 bits per heavy atom. The van der Waals surface area contributed by atoms with Gasteiger partial charge in [0.25, 0.3) is 0 Å². The number of ether oxygens (including phenoxy) is 2. The number of benzene rings is 1. The van der Waals surface area contributed by atoms with Crippen molar-refractivity contribution in [2.45, 2.75) is 0 Å². The molecule has 0 radical (unpaired) electrons. The molecule has 2 N–H and O–H groups in total. The third-order valence-electron chi connectivity index (χ3n) is 2.16. The maximum Gasteiger partial charge on any atom is 0.203 e. The van der Waals surface area contributed by atoms with E-state index in [0.29, 0.717) is 5.75 Å². The molecule has 0 aliphatic rings. The first kappa shape index (κ1) is 12.3. The molecule has 5 heteroatoms. The van der Waals surface area contributed by atoms with Crippen LogP contribution >= 0.6 is 0 Å². The molecule has 0 aliphatic carbocycles. The molecule has 88 valence electrons. The molecule has 0 fully saturated rings. The quantitative estimate of drug-likeness (QED) is 0.726. The molecule has 0 spiro atoms. The molecule has 16 heavy (non-hydrogen) atoms. The van der Waals surface area contributed by atoms with E-state index in [1.165, 1.54) is 20.3 Å². The van der Waals surface area contributed by atoms with Crippen LogP contribution in [0.2, 0.25) is 0 Å². The Morgan fingerprint density at radius 3 is 2.56 bits per heavy atom. The number of carbonyl (C=O) groups excluding carboxylic acids is 1. The van der Waals surface area contributed by atoms with Crippen molar-refractivity contribution in [1.82, 2.24) is 5.32 Å². The number of nitrogens with one attached hydrogen (secondary N) is 1. The lowest BCUT2D eigenvalue weighted by Gasteiger charge is -2.11. The molecule has 0 atom stereocenters. The van der Waals surface area contributed by atoms with Crippen molar-refractivity contribution in [3.8, 4) is 17.2 Å². The predicted molar refractivity (Wildman–Crippen MR) is 59.5 cm³/mol. The van der Waals surface area contributed by atoms with Gasteiger partial charge in [0.15, 0.2) is 17.3 Å². The number of phenols is 1. The molecule has 0 heterocycles. The highest BCUT2D eigenvalue weighted by Crippen LogP contribution is 2.38. The Morgan fingerprint density at radius 1 is 1.38 bits per heavy atom. The number of methoxy groups -OCH3 is 2. The standard InChI is InChI=1S/C11H15NO4/c1-12-6-8(13)7-4-5-9(15-2)11(16-3)10(7)14/h4-5,12,14H,6H2,1-3H3. The zero-order valence-electron chi connectivity index (χ0n) is 9.53. The summed E-state index contributed by atoms with van der Waals surface area (Å²) in [5, 5.41) is 12.6. The summed E-state index contributed by atoms with van der Waals surface area (Å²) in [6.07, 6.45) is 0. The fourth-order valence-electron chi connectivity index (χ4n) is 1.39. The monoisotopic (exact) mass is 225 g/mol. The van der Waals surface area contributed by atoms with Crippen molar-refractivity contribution in [1.29, 1.82) is 0 Å². The van der Waals surface area contributed by atoms with Crippen molar-refractivity contribution >= 4 is 5.78 Å². The number of phenolic OH excluding ortho intramolecular Hbond substituents is 1. The summed E-state index contributed by atoms with van der Waals surface area (Å²) < 4.78 is 9.99. The van der Waals surface area contributed by atoms with Gasteiger partial charge in [-0.3, -0.25) is 4.79 Å². The van der Waals surface area contributed by atoms with E-state index in [1.54, 1.807) is 13.1 Å². The van der Waals surface area contributed by atoms with Crippen LogP contribution < -0.4 is 14.8 Å². The summed E-state index contributed by atoms with van der Waals surface area (Å²) in [5.41, 5.74) is 0.215. The summed E-state index contributed by atoms with van der Waals surface area (Å²) in [4.78, 5) is 11.6. The zero-order valence-corrected chi connectivity index (χ0v) is 9.53. The Labute approximate surface area is 94.0 Å². The van der Waals surface area contributed by atoms with E-state index in [4.69, 9.17) is 9.47 Å². The van der Waals surface area contributed by atoms with Crippen molar-refractivity contribution in [3.63, 3.8) is 0 Å². The third-order valence-corrected chi connectivity index (χ3v) is 2.16. The Hall–Kier alpha value is -1.75. The molecule has 1 aromatic rings. The number of ketones is 1. The maximum atomic E-state index is 11.6. The van der Waals surface area contributed by atoms with E-state index in [0.717, 1.165) is 0 Å². The Bertz CT molecular complexity index is 390. The number of Topliss-reactive ketones (excluding diaryl/α,β-unsaturated/α-hetero) is 1. The van der Waals surface area contributed by atoms with Crippen molar-refractivity contribution in [2.24, 2.45) is 0 Å². The lowest BCUT2D eigenvalue weighted by atomic mass is 10.1. The average Bonchev–Trinajstić information content (AvgIpc) is 2.28. The van der Waals surface area contributed by atoms with Gasteiger partial charge in [0.05, 0.1) is 26.3 Å². The molecule has 0 unspecified atom stereocenters. The van der Waals surface area contributed by atoms with Crippen LogP contribution in [0.4, 0.5) is 0 Å². The largest absolute Gasteiger partial charge is 0.504 e. The minimum Gasteiger partial charge on any atom is -0.504 e. The molecular weight excluding hydrogens is 210 g/mol. The lowest BCUT2D eigenvalue weighted by molar-refractivity contribution is 0.0990. The van der Waals surface area contributed by atoms with Gasteiger partial charge in [-0.15, -0.1) is 0 Å². The molecule has 1 rings (SSSR count). The molecule has 0 amide bonds. The molecule has 0 saturated heterocycles. The van der Waals surface area contributed by atoms with Gasteiger partial charge in [0.2, 0.25) is 5.75 Å². The van der Waals surface area contributed by atoms with Crippen LogP contribution in [0.1, 0.15) is 10.4 Å². The SMILES string of the molecule is CNCC(=O)c1ccc(OC)c(OC)c1O. The summed E-state index contributed by atoms with van der Waals surface area (Å²) in [6, 6.07) is 3.10. The first-order chi connectivity index (χ1) is 7.65. The summed E-state index contributed by atoms with van der Waals surface area (Å²) in [5.74, 6) is 0.161. The molecular formula is C11H15NO4.